The molecule has 2 aromatic rings. The van der Waals surface area contributed by atoms with Gasteiger partial charge in [0.2, 0.25) is 5.91 Å². The number of nitriles is 2. The molecule has 0 radical (unpaired) electrons. The van der Waals surface area contributed by atoms with Crippen LogP contribution in [0.2, 0.25) is 0 Å². The number of carbonyl (C=O) groups excluding carboxylic acids is 1. The van der Waals surface area contributed by atoms with Crippen molar-refractivity contribution in [3.8, 4) is 12.1 Å². The van der Waals surface area contributed by atoms with E-state index in [0.29, 0.717) is 27.1 Å². The van der Waals surface area contributed by atoms with Crippen molar-refractivity contribution in [2.45, 2.75) is 65.3 Å². The van der Waals surface area contributed by atoms with Gasteiger partial charge in [-0.3, -0.25) is 4.79 Å². The first-order valence-corrected chi connectivity index (χ1v) is 12.4. The molecule has 1 aliphatic rings. The Balaban J connectivity index is 1.74. The van der Waals surface area contributed by atoms with Gasteiger partial charge in [0.05, 0.1) is 16.9 Å². The molecule has 0 aromatic carbocycles. The third-order valence-corrected chi connectivity index (χ3v) is 8.55. The summed E-state index contributed by atoms with van der Waals surface area (Å²) >= 11 is 2.81. The molecule has 2 heterocycles. The lowest BCUT2D eigenvalue weighted by Crippen LogP contribution is -2.28. The molecule has 5 nitrogen and oxygen atoms in total. The van der Waals surface area contributed by atoms with Crippen LogP contribution in [0.25, 0.3) is 0 Å². The molecule has 1 aliphatic carbocycles. The third kappa shape index (κ3) is 4.95. The van der Waals surface area contributed by atoms with Gasteiger partial charge in [-0.2, -0.15) is 10.5 Å². The summed E-state index contributed by atoms with van der Waals surface area (Å²) in [7, 11) is 0. The number of pyridine rings is 1. The Bertz CT molecular complexity index is 1090. The van der Waals surface area contributed by atoms with Crippen molar-refractivity contribution in [3.05, 3.63) is 38.9 Å². The van der Waals surface area contributed by atoms with Crippen molar-refractivity contribution in [1.29, 1.82) is 10.5 Å². The minimum atomic E-state index is -0.185. The van der Waals surface area contributed by atoms with Crippen molar-refractivity contribution in [3.63, 3.8) is 0 Å². The molecule has 31 heavy (non-hydrogen) atoms. The monoisotopic (exact) mass is 452 g/mol. The van der Waals surface area contributed by atoms with Gasteiger partial charge in [0, 0.05) is 10.6 Å². The summed E-state index contributed by atoms with van der Waals surface area (Å²) in [5.41, 5.74) is 4.19. The summed E-state index contributed by atoms with van der Waals surface area (Å²) in [6, 6.07) is 6.36. The zero-order valence-corrected chi connectivity index (χ0v) is 20.4. The lowest BCUT2D eigenvalue weighted by Gasteiger charge is -2.36. The van der Waals surface area contributed by atoms with Gasteiger partial charge < -0.3 is 5.32 Å². The molecule has 1 amide bonds. The number of hydrogen-bond donors (Lipinski definition) is 1. The molecule has 0 bridgehead atoms. The smallest absolute Gasteiger partial charge is 0.235 e. The van der Waals surface area contributed by atoms with Gasteiger partial charge in [0.15, 0.2) is 0 Å². The molecule has 2 aromatic heterocycles. The maximum Gasteiger partial charge on any atom is 0.235 e. The first-order chi connectivity index (χ1) is 14.7. The first-order valence-electron chi connectivity index (χ1n) is 10.6. The van der Waals surface area contributed by atoms with E-state index < -0.39 is 0 Å². The number of fused-ring (bicyclic) bond motifs is 1. The van der Waals surface area contributed by atoms with Crippen molar-refractivity contribution in [1.82, 2.24) is 4.98 Å². The highest BCUT2D eigenvalue weighted by molar-refractivity contribution is 8.00. The maximum absolute atomic E-state index is 12.7. The predicted octanol–water partition coefficient (Wildman–Crippen LogP) is 5.78. The summed E-state index contributed by atoms with van der Waals surface area (Å²) in [6.07, 6.45) is 4.07. The quantitative estimate of drug-likeness (QED) is 0.562. The van der Waals surface area contributed by atoms with Gasteiger partial charge in [-0.25, -0.2) is 4.98 Å². The number of carbonyl (C=O) groups is 1. The second-order valence-electron chi connectivity index (χ2n) is 8.81. The Morgan fingerprint density at radius 1 is 1.32 bits per heavy atom. The standard InChI is InChI=1S/C24H28N4OS2/c1-6-24(4,5)16-7-8-17-19(12-26)23(31-20(17)10-16)28-21(29)13-30-22-18(11-25)14(2)9-15(3)27-22/h9,16H,6-8,10,13H2,1-5H3,(H,28,29)/t16-/m0/s1. The number of aromatic nitrogens is 1. The van der Waals surface area contributed by atoms with Crippen LogP contribution < -0.4 is 5.32 Å². The van der Waals surface area contributed by atoms with Crippen LogP contribution >= 0.6 is 23.1 Å². The van der Waals surface area contributed by atoms with Gasteiger partial charge in [-0.1, -0.05) is 39.0 Å². The minimum absolute atomic E-state index is 0.142. The van der Waals surface area contributed by atoms with Gasteiger partial charge in [0.25, 0.3) is 0 Å². The zero-order chi connectivity index (χ0) is 22.8. The summed E-state index contributed by atoms with van der Waals surface area (Å²) < 4.78 is 0. The van der Waals surface area contributed by atoms with Crippen LogP contribution in [-0.4, -0.2) is 16.6 Å². The lowest BCUT2D eigenvalue weighted by molar-refractivity contribution is -0.113. The van der Waals surface area contributed by atoms with Crippen molar-refractivity contribution < 1.29 is 4.79 Å². The van der Waals surface area contributed by atoms with E-state index in [-0.39, 0.29) is 17.1 Å². The summed E-state index contributed by atoms with van der Waals surface area (Å²) in [6.45, 7) is 10.6. The molecule has 3 rings (SSSR count). The molecule has 0 fully saturated rings. The molecule has 0 saturated carbocycles. The number of hydrogen-bond acceptors (Lipinski definition) is 6. The first kappa shape index (κ1) is 23.3. The third-order valence-electron chi connectivity index (χ3n) is 6.41. The topological polar surface area (TPSA) is 89.6 Å². The number of rotatable bonds is 6. The molecule has 162 valence electrons. The van der Waals surface area contributed by atoms with Crippen LogP contribution in [0.4, 0.5) is 5.00 Å². The number of nitrogens with one attached hydrogen (secondary N) is 1. The average Bonchev–Trinajstić information content (AvgIpc) is 3.07. The van der Waals surface area contributed by atoms with E-state index in [1.54, 1.807) is 11.3 Å². The largest absolute Gasteiger partial charge is 0.316 e. The summed E-state index contributed by atoms with van der Waals surface area (Å²) in [5.74, 6) is 0.550. The molecular formula is C24H28N4OS2. The fourth-order valence-corrected chi connectivity index (χ4v) is 6.28. The highest BCUT2D eigenvalue weighted by Crippen LogP contribution is 2.45. The molecule has 0 saturated heterocycles. The Labute approximate surface area is 192 Å². The fourth-order valence-electron chi connectivity index (χ4n) is 4.09. The minimum Gasteiger partial charge on any atom is -0.316 e. The Morgan fingerprint density at radius 2 is 2.03 bits per heavy atom. The van der Waals surface area contributed by atoms with Gasteiger partial charge in [-0.05, 0) is 61.6 Å². The Hall–Kier alpha value is -2.35. The molecule has 1 atom stereocenters. The Kier molecular flexibility index (Phi) is 7.09. The molecule has 0 aliphatic heterocycles. The number of aryl methyl sites for hydroxylation is 2. The molecule has 0 unspecified atom stereocenters. The second-order valence-corrected chi connectivity index (χ2v) is 10.9. The fraction of sp³-hybridized carbons (Fsp3) is 0.500. The number of thioether (sulfide) groups is 1. The molecule has 7 heteroatoms. The molecular weight excluding hydrogens is 424 g/mol. The van der Waals surface area contributed by atoms with Crippen LogP contribution in [0.1, 0.15) is 66.4 Å². The van der Waals surface area contributed by atoms with E-state index in [0.717, 1.165) is 42.5 Å². The van der Waals surface area contributed by atoms with Crippen LogP contribution in [-0.2, 0) is 17.6 Å². The number of anilines is 1. The van der Waals surface area contributed by atoms with Gasteiger partial charge >= 0.3 is 0 Å². The van der Waals surface area contributed by atoms with Crippen molar-refractivity contribution >= 4 is 34.0 Å². The van der Waals surface area contributed by atoms with E-state index in [2.05, 4.69) is 43.2 Å². The number of nitrogens with zero attached hydrogens (tertiary/aromatic N) is 3. The normalized spacial score (nSPS) is 15.6. The predicted molar refractivity (Wildman–Crippen MR) is 126 cm³/mol. The highest BCUT2D eigenvalue weighted by Gasteiger charge is 2.34. The van der Waals surface area contributed by atoms with Crippen molar-refractivity contribution in [2.75, 3.05) is 11.1 Å². The van der Waals surface area contributed by atoms with Gasteiger partial charge in [0.1, 0.15) is 22.2 Å². The zero-order valence-electron chi connectivity index (χ0n) is 18.8. The maximum atomic E-state index is 12.7. The molecule has 1 N–H and O–H groups in total. The van der Waals surface area contributed by atoms with E-state index in [1.807, 2.05) is 19.9 Å². The van der Waals surface area contributed by atoms with Crippen LogP contribution in [0, 0.1) is 47.8 Å². The Morgan fingerprint density at radius 3 is 2.68 bits per heavy atom. The second kappa shape index (κ2) is 9.42. The van der Waals surface area contributed by atoms with Gasteiger partial charge in [-0.15, -0.1) is 11.3 Å². The van der Waals surface area contributed by atoms with Crippen molar-refractivity contribution in [2.24, 2.45) is 11.3 Å². The number of thiophene rings is 1. The van der Waals surface area contributed by atoms with Crippen LogP contribution in [0.5, 0.6) is 0 Å². The van der Waals surface area contributed by atoms with E-state index in [9.17, 15) is 15.3 Å². The summed E-state index contributed by atoms with van der Waals surface area (Å²) in [5, 5.41) is 23.3. The molecule has 0 spiro atoms. The van der Waals surface area contributed by atoms with Crippen LogP contribution in [0.3, 0.4) is 0 Å². The van der Waals surface area contributed by atoms with E-state index in [1.165, 1.54) is 16.6 Å². The lowest BCUT2D eigenvalue weighted by atomic mass is 9.69. The number of amides is 1. The SMILES string of the molecule is CCC(C)(C)[C@H]1CCc2c(sc(NC(=O)CSc3nc(C)cc(C)c3C#N)c2C#N)C1. The summed E-state index contributed by atoms with van der Waals surface area (Å²) in [4.78, 5) is 18.3. The van der Waals surface area contributed by atoms with E-state index >= 15 is 0 Å². The highest BCUT2D eigenvalue weighted by atomic mass is 32.2. The van der Waals surface area contributed by atoms with Crippen LogP contribution in [0.15, 0.2) is 11.1 Å². The average molecular weight is 453 g/mol. The van der Waals surface area contributed by atoms with E-state index in [4.69, 9.17) is 0 Å².